The first-order chi connectivity index (χ1) is 15.2. The molecule has 3 aromatic heterocycles. The highest BCUT2D eigenvalue weighted by Gasteiger charge is 2.22. The number of thioether (sulfide) groups is 1. The molecule has 31 heavy (non-hydrogen) atoms. The Labute approximate surface area is 183 Å². The fraction of sp³-hybridized carbons (Fsp3) is 0.120. The third-order valence-corrected chi connectivity index (χ3v) is 6.29. The molecule has 0 unspecified atom stereocenters. The molecule has 0 amide bonds. The van der Waals surface area contributed by atoms with Crippen molar-refractivity contribution in [2.45, 2.75) is 4.90 Å². The van der Waals surface area contributed by atoms with Gasteiger partial charge in [0.2, 0.25) is 0 Å². The molecule has 0 aliphatic heterocycles. The lowest BCUT2D eigenvalue weighted by Crippen LogP contribution is -1.96. The lowest BCUT2D eigenvalue weighted by atomic mass is 9.99. The molecule has 6 heteroatoms. The van der Waals surface area contributed by atoms with Crippen LogP contribution in [-0.4, -0.2) is 29.9 Å². The molecule has 0 N–H and O–H groups in total. The van der Waals surface area contributed by atoms with Gasteiger partial charge in [0.25, 0.3) is 0 Å². The summed E-state index contributed by atoms with van der Waals surface area (Å²) >= 11 is 1.70. The first kappa shape index (κ1) is 19.3. The molecule has 0 saturated carbocycles. The van der Waals surface area contributed by atoms with Gasteiger partial charge in [-0.2, -0.15) is 5.26 Å². The molecule has 0 saturated heterocycles. The van der Waals surface area contributed by atoms with E-state index in [0.29, 0.717) is 17.1 Å². The molecule has 0 atom stereocenters. The maximum Gasteiger partial charge on any atom is 0.147 e. The summed E-state index contributed by atoms with van der Waals surface area (Å²) in [6.45, 7) is 0. The molecule has 0 aliphatic carbocycles. The monoisotopic (exact) mass is 425 g/mol. The molecule has 0 spiro atoms. The smallest absolute Gasteiger partial charge is 0.147 e. The van der Waals surface area contributed by atoms with Gasteiger partial charge in [-0.05, 0) is 36.6 Å². The molecule has 3 heterocycles. The zero-order valence-electron chi connectivity index (χ0n) is 17.3. The lowest BCUT2D eigenvalue weighted by Gasteiger charge is -2.14. The van der Waals surface area contributed by atoms with Crippen molar-refractivity contribution in [2.24, 2.45) is 0 Å². The molecular formula is C25H19N3O2S. The van der Waals surface area contributed by atoms with Crippen molar-refractivity contribution in [1.29, 1.82) is 5.26 Å². The van der Waals surface area contributed by atoms with Crippen molar-refractivity contribution >= 4 is 39.1 Å². The van der Waals surface area contributed by atoms with Gasteiger partial charge in [0.1, 0.15) is 23.2 Å². The van der Waals surface area contributed by atoms with Crippen LogP contribution in [-0.2, 0) is 0 Å². The maximum atomic E-state index is 10.0. The van der Waals surface area contributed by atoms with Gasteiger partial charge in [-0.1, -0.05) is 18.2 Å². The van der Waals surface area contributed by atoms with Gasteiger partial charge in [0.05, 0.1) is 36.4 Å². The zero-order chi connectivity index (χ0) is 21.5. The normalized spacial score (nSPS) is 11.2. The van der Waals surface area contributed by atoms with Gasteiger partial charge in [0, 0.05) is 33.5 Å². The van der Waals surface area contributed by atoms with Crippen LogP contribution >= 0.6 is 11.8 Å². The Hall–Kier alpha value is -3.69. The average Bonchev–Trinajstić information content (AvgIpc) is 3.16. The predicted molar refractivity (Wildman–Crippen MR) is 125 cm³/mol. The molecule has 0 fully saturated rings. The van der Waals surface area contributed by atoms with E-state index in [0.717, 1.165) is 38.6 Å². The molecule has 5 rings (SSSR count). The first-order valence-corrected chi connectivity index (χ1v) is 11.0. The van der Waals surface area contributed by atoms with Crippen LogP contribution in [0.1, 0.15) is 5.56 Å². The Morgan fingerprint density at radius 3 is 2.48 bits per heavy atom. The molecular weight excluding hydrogens is 406 g/mol. The van der Waals surface area contributed by atoms with E-state index in [1.54, 1.807) is 26.0 Å². The summed E-state index contributed by atoms with van der Waals surface area (Å²) in [4.78, 5) is 6.26. The highest BCUT2D eigenvalue weighted by molar-refractivity contribution is 7.98. The highest BCUT2D eigenvalue weighted by Crippen LogP contribution is 2.43. The van der Waals surface area contributed by atoms with Gasteiger partial charge in [0.15, 0.2) is 0 Å². The van der Waals surface area contributed by atoms with Crippen molar-refractivity contribution in [3.63, 3.8) is 0 Å². The van der Waals surface area contributed by atoms with E-state index in [1.807, 2.05) is 40.9 Å². The Bertz CT molecular complexity index is 1500. The summed E-state index contributed by atoms with van der Waals surface area (Å²) in [6.07, 6.45) is 4.00. The van der Waals surface area contributed by atoms with Gasteiger partial charge < -0.3 is 9.47 Å². The summed E-state index contributed by atoms with van der Waals surface area (Å²) in [6, 6.07) is 20.3. The maximum absolute atomic E-state index is 10.0. The number of benzene rings is 2. The van der Waals surface area contributed by atoms with E-state index in [1.165, 1.54) is 4.90 Å². The van der Waals surface area contributed by atoms with Gasteiger partial charge in [-0.3, -0.25) is 4.40 Å². The van der Waals surface area contributed by atoms with E-state index in [4.69, 9.17) is 14.5 Å². The molecule has 5 aromatic rings. The van der Waals surface area contributed by atoms with E-state index in [2.05, 4.69) is 36.6 Å². The number of methoxy groups -OCH3 is 2. The van der Waals surface area contributed by atoms with Crippen LogP contribution in [0, 0.1) is 11.3 Å². The van der Waals surface area contributed by atoms with E-state index in [-0.39, 0.29) is 0 Å². The predicted octanol–water partition coefficient (Wildman–Crippen LogP) is 5.92. The number of pyridine rings is 2. The number of aromatic nitrogens is 2. The molecule has 0 radical (unpaired) electrons. The molecule has 5 nitrogen and oxygen atoms in total. The van der Waals surface area contributed by atoms with E-state index >= 15 is 0 Å². The van der Waals surface area contributed by atoms with Crippen molar-refractivity contribution in [2.75, 3.05) is 20.5 Å². The van der Waals surface area contributed by atoms with Crippen molar-refractivity contribution in [1.82, 2.24) is 9.38 Å². The van der Waals surface area contributed by atoms with Gasteiger partial charge >= 0.3 is 0 Å². The summed E-state index contributed by atoms with van der Waals surface area (Å²) in [7, 11) is 3.27. The Morgan fingerprint density at radius 1 is 1.00 bits per heavy atom. The number of ether oxygens (including phenoxy) is 2. The number of hydrogen-bond donors (Lipinski definition) is 0. The minimum atomic E-state index is 0.590. The summed E-state index contributed by atoms with van der Waals surface area (Å²) in [5.74, 6) is 1.33. The minimum Gasteiger partial charge on any atom is -0.497 e. The fourth-order valence-electron chi connectivity index (χ4n) is 4.10. The fourth-order valence-corrected chi connectivity index (χ4v) is 4.51. The van der Waals surface area contributed by atoms with Crippen LogP contribution in [0.3, 0.4) is 0 Å². The van der Waals surface area contributed by atoms with Crippen LogP contribution in [0.5, 0.6) is 11.5 Å². The van der Waals surface area contributed by atoms with Crippen LogP contribution in [0.25, 0.3) is 38.6 Å². The number of fused-ring (bicyclic) bond motifs is 5. The average molecular weight is 426 g/mol. The van der Waals surface area contributed by atoms with Gasteiger partial charge in [-0.15, -0.1) is 11.8 Å². The zero-order valence-corrected chi connectivity index (χ0v) is 18.2. The number of hydrogen-bond acceptors (Lipinski definition) is 5. The Morgan fingerprint density at radius 2 is 1.81 bits per heavy atom. The summed E-state index contributed by atoms with van der Waals surface area (Å²) < 4.78 is 13.3. The summed E-state index contributed by atoms with van der Waals surface area (Å²) in [5.41, 5.74) is 3.94. The Balaban J connectivity index is 2.03. The molecule has 0 bridgehead atoms. The van der Waals surface area contributed by atoms with Crippen LogP contribution in [0.15, 0.2) is 65.7 Å². The first-order valence-electron chi connectivity index (χ1n) is 9.73. The van der Waals surface area contributed by atoms with Crippen LogP contribution < -0.4 is 9.47 Å². The van der Waals surface area contributed by atoms with Crippen molar-refractivity contribution < 1.29 is 9.47 Å². The largest absolute Gasteiger partial charge is 0.497 e. The molecule has 2 aromatic carbocycles. The molecule has 152 valence electrons. The Kier molecular flexibility index (Phi) is 4.68. The number of nitriles is 1. The lowest BCUT2D eigenvalue weighted by molar-refractivity contribution is 0.398. The quantitative estimate of drug-likeness (QED) is 0.335. The highest BCUT2D eigenvalue weighted by atomic mass is 32.2. The minimum absolute atomic E-state index is 0.590. The molecule has 0 aliphatic rings. The third-order valence-electron chi connectivity index (χ3n) is 5.55. The second kappa shape index (κ2) is 7.53. The topological polar surface area (TPSA) is 59.5 Å². The number of nitrogens with zero attached hydrogens (tertiary/aromatic N) is 3. The van der Waals surface area contributed by atoms with Crippen molar-refractivity contribution in [3.8, 4) is 28.8 Å². The second-order valence-electron chi connectivity index (χ2n) is 7.08. The van der Waals surface area contributed by atoms with Gasteiger partial charge in [-0.25, -0.2) is 4.98 Å². The van der Waals surface area contributed by atoms with Crippen LogP contribution in [0.2, 0.25) is 0 Å². The van der Waals surface area contributed by atoms with Crippen molar-refractivity contribution in [3.05, 3.63) is 66.4 Å². The summed E-state index contributed by atoms with van der Waals surface area (Å²) in [5, 5.41) is 12.6. The van der Waals surface area contributed by atoms with Crippen LogP contribution in [0.4, 0.5) is 0 Å². The second-order valence-corrected chi connectivity index (χ2v) is 7.96. The van der Waals surface area contributed by atoms with E-state index < -0.39 is 0 Å². The third kappa shape index (κ3) is 2.89. The standard InChI is InChI=1S/C25H19N3O2S/c1-29-16-12-18-22-19(14-26)20-6-4-5-11-28(20)25(22)27-24(23(18)21(13-16)30-2)15-7-9-17(31-3)10-8-15/h4-13H,1-3H3. The SMILES string of the molecule is COc1cc(OC)c2c(-c3ccc(SC)cc3)nc3c(c(C#N)c4ccccn43)c2c1. The van der Waals surface area contributed by atoms with E-state index in [9.17, 15) is 5.26 Å². The number of rotatable bonds is 4.